The molecule has 3 rings (SSSR count). The van der Waals surface area contributed by atoms with Crippen molar-refractivity contribution in [1.29, 1.82) is 0 Å². The van der Waals surface area contributed by atoms with E-state index in [1.54, 1.807) is 4.90 Å². The fourth-order valence-electron chi connectivity index (χ4n) is 3.50. The Hall–Kier alpha value is -3.06. The molecule has 2 heterocycles. The van der Waals surface area contributed by atoms with E-state index in [2.05, 4.69) is 4.98 Å². The highest BCUT2D eigenvalue weighted by molar-refractivity contribution is 6.02. The summed E-state index contributed by atoms with van der Waals surface area (Å²) < 4.78 is 10.9. The largest absolute Gasteiger partial charge is 0.459 e. The number of carbonyl (C=O) groups is 2. The number of carbonyl (C=O) groups excluding carboxylic acids is 2. The van der Waals surface area contributed by atoms with Gasteiger partial charge in [-0.3, -0.25) is 19.5 Å². The van der Waals surface area contributed by atoms with E-state index in [0.717, 1.165) is 33.2 Å². The molecule has 176 valence electrons. The Bertz CT molecular complexity index is 1150. The second kappa shape index (κ2) is 9.43. The molecule has 2 aromatic heterocycles. The maximum Gasteiger partial charge on any atom is 0.320 e. The lowest BCUT2D eigenvalue weighted by Gasteiger charge is -2.26. The molecule has 3 aromatic rings. The van der Waals surface area contributed by atoms with Gasteiger partial charge in [-0.25, -0.2) is 4.98 Å². The highest BCUT2D eigenvalue weighted by Crippen LogP contribution is 2.23. The molecule has 0 amide bonds. The van der Waals surface area contributed by atoms with Gasteiger partial charge in [0.15, 0.2) is 0 Å². The summed E-state index contributed by atoms with van der Waals surface area (Å²) in [7, 11) is 0. The van der Waals surface area contributed by atoms with Crippen LogP contribution >= 0.6 is 0 Å². The molecule has 7 heteroatoms. The van der Waals surface area contributed by atoms with Crippen molar-refractivity contribution in [2.24, 2.45) is 0 Å². The molecule has 0 bridgehead atoms. The van der Waals surface area contributed by atoms with Crippen LogP contribution in [0.3, 0.4) is 0 Å². The van der Waals surface area contributed by atoms with Crippen molar-refractivity contribution in [3.63, 3.8) is 0 Å². The summed E-state index contributed by atoms with van der Waals surface area (Å²) in [6.07, 6.45) is 0. The number of nitrogens with zero attached hydrogens (tertiary/aromatic N) is 3. The van der Waals surface area contributed by atoms with Crippen LogP contribution < -0.4 is 0 Å². The predicted molar refractivity (Wildman–Crippen MR) is 129 cm³/mol. The molecule has 0 spiro atoms. The molecular weight excluding hydrogens is 418 g/mol. The smallest absolute Gasteiger partial charge is 0.320 e. The van der Waals surface area contributed by atoms with E-state index in [1.807, 2.05) is 84.9 Å². The third-order valence-corrected chi connectivity index (χ3v) is 4.65. The van der Waals surface area contributed by atoms with Crippen LogP contribution in [-0.4, -0.2) is 51.1 Å². The lowest BCUT2D eigenvalue weighted by Crippen LogP contribution is -2.39. The summed E-state index contributed by atoms with van der Waals surface area (Å²) in [4.78, 5) is 36.2. The van der Waals surface area contributed by atoms with Crippen LogP contribution in [0.1, 0.15) is 52.9 Å². The topological polar surface area (TPSA) is 81.6 Å². The molecule has 0 aliphatic carbocycles. The van der Waals surface area contributed by atoms with Crippen LogP contribution in [0.15, 0.2) is 36.4 Å². The van der Waals surface area contributed by atoms with Gasteiger partial charge in [0.25, 0.3) is 0 Å². The second-order valence-corrected chi connectivity index (χ2v) is 10.3. The summed E-state index contributed by atoms with van der Waals surface area (Å²) in [5.74, 6) is -0.816. The fourth-order valence-corrected chi connectivity index (χ4v) is 3.50. The number of benzene rings is 1. The van der Waals surface area contributed by atoms with Gasteiger partial charge in [0.05, 0.1) is 29.8 Å². The predicted octanol–water partition coefficient (Wildman–Crippen LogP) is 4.58. The van der Waals surface area contributed by atoms with E-state index < -0.39 is 23.1 Å². The average molecular weight is 452 g/mol. The Morgan fingerprint density at radius 2 is 1.21 bits per heavy atom. The van der Waals surface area contributed by atoms with E-state index in [1.165, 1.54) is 0 Å². The lowest BCUT2D eigenvalue weighted by molar-refractivity contribution is -0.160. The Labute approximate surface area is 195 Å². The second-order valence-electron chi connectivity index (χ2n) is 10.3. The minimum absolute atomic E-state index is 0.0525. The standard InChI is InChI=1S/C26H33N3O4/c1-17-8-9-18-10-11-19-12-13-20(28-24(19)23(18)27-17)14-29(15-21(30)32-25(2,3)4)16-22(31)33-26(5,6)7/h8-13H,14-16H2,1-7H3. The summed E-state index contributed by atoms with van der Waals surface area (Å²) in [5.41, 5.74) is 2.05. The van der Waals surface area contributed by atoms with Gasteiger partial charge in [-0.2, -0.15) is 0 Å². The maximum atomic E-state index is 12.5. The van der Waals surface area contributed by atoms with Crippen molar-refractivity contribution in [3.8, 4) is 0 Å². The first-order valence-corrected chi connectivity index (χ1v) is 11.1. The van der Waals surface area contributed by atoms with Crippen LogP contribution in [0, 0.1) is 6.92 Å². The van der Waals surface area contributed by atoms with Crippen molar-refractivity contribution in [3.05, 3.63) is 47.8 Å². The number of hydrogen-bond acceptors (Lipinski definition) is 7. The van der Waals surface area contributed by atoms with Crippen LogP contribution in [0.2, 0.25) is 0 Å². The number of pyridine rings is 2. The molecule has 1 aromatic carbocycles. The highest BCUT2D eigenvalue weighted by atomic mass is 16.6. The number of aryl methyl sites for hydroxylation is 1. The number of fused-ring (bicyclic) bond motifs is 3. The molecule has 0 radical (unpaired) electrons. The molecule has 0 aliphatic rings. The molecule has 0 atom stereocenters. The number of ether oxygens (including phenoxy) is 2. The molecule has 0 aliphatic heterocycles. The van der Waals surface area contributed by atoms with Crippen molar-refractivity contribution < 1.29 is 19.1 Å². The maximum absolute atomic E-state index is 12.5. The average Bonchev–Trinajstić information content (AvgIpc) is 2.64. The minimum Gasteiger partial charge on any atom is -0.459 e. The van der Waals surface area contributed by atoms with Crippen LogP contribution in [-0.2, 0) is 25.6 Å². The van der Waals surface area contributed by atoms with Gasteiger partial charge in [0.2, 0.25) is 0 Å². The third-order valence-electron chi connectivity index (χ3n) is 4.65. The summed E-state index contributed by atoms with van der Waals surface area (Å²) in [5, 5.41) is 1.99. The van der Waals surface area contributed by atoms with Crippen molar-refractivity contribution in [1.82, 2.24) is 14.9 Å². The molecule has 7 nitrogen and oxygen atoms in total. The first-order chi connectivity index (χ1) is 15.3. The minimum atomic E-state index is -0.613. The Kier molecular flexibility index (Phi) is 7.03. The summed E-state index contributed by atoms with van der Waals surface area (Å²) in [6.45, 7) is 13.0. The van der Waals surface area contributed by atoms with E-state index in [-0.39, 0.29) is 19.6 Å². The van der Waals surface area contributed by atoms with Gasteiger partial charge >= 0.3 is 11.9 Å². The zero-order valence-corrected chi connectivity index (χ0v) is 20.6. The first-order valence-electron chi connectivity index (χ1n) is 11.1. The van der Waals surface area contributed by atoms with E-state index in [9.17, 15) is 9.59 Å². The highest BCUT2D eigenvalue weighted by Gasteiger charge is 2.24. The van der Waals surface area contributed by atoms with Crippen molar-refractivity contribution in [2.45, 2.75) is 66.2 Å². The number of aromatic nitrogens is 2. The van der Waals surface area contributed by atoms with Gasteiger partial charge in [0.1, 0.15) is 11.2 Å². The van der Waals surface area contributed by atoms with Crippen LogP contribution in [0.25, 0.3) is 21.8 Å². The normalized spacial score (nSPS) is 12.4. The number of hydrogen-bond donors (Lipinski definition) is 0. The summed E-state index contributed by atoms with van der Waals surface area (Å²) >= 11 is 0. The van der Waals surface area contributed by atoms with Crippen molar-refractivity contribution in [2.75, 3.05) is 13.1 Å². The van der Waals surface area contributed by atoms with E-state index in [0.29, 0.717) is 0 Å². The monoisotopic (exact) mass is 451 g/mol. The van der Waals surface area contributed by atoms with Crippen molar-refractivity contribution >= 4 is 33.7 Å². The number of rotatable bonds is 6. The van der Waals surface area contributed by atoms with E-state index in [4.69, 9.17) is 14.5 Å². The Morgan fingerprint density at radius 1 is 0.758 bits per heavy atom. The van der Waals surface area contributed by atoms with E-state index >= 15 is 0 Å². The molecule has 0 saturated carbocycles. The zero-order chi connectivity index (χ0) is 24.4. The number of esters is 2. The van der Waals surface area contributed by atoms with Gasteiger partial charge < -0.3 is 9.47 Å². The Balaban J connectivity index is 1.89. The molecule has 0 saturated heterocycles. The van der Waals surface area contributed by atoms with Gasteiger partial charge in [-0.05, 0) is 60.6 Å². The quantitative estimate of drug-likeness (QED) is 0.401. The van der Waals surface area contributed by atoms with Gasteiger partial charge in [-0.1, -0.05) is 24.3 Å². The lowest BCUT2D eigenvalue weighted by atomic mass is 10.1. The third kappa shape index (κ3) is 7.22. The molecule has 0 N–H and O–H groups in total. The molecular formula is C26H33N3O4. The van der Waals surface area contributed by atoms with Crippen LogP contribution in [0.5, 0.6) is 0 Å². The molecule has 0 fully saturated rings. The van der Waals surface area contributed by atoms with Crippen LogP contribution in [0.4, 0.5) is 0 Å². The van der Waals surface area contributed by atoms with Gasteiger partial charge in [0, 0.05) is 23.0 Å². The summed E-state index contributed by atoms with van der Waals surface area (Å²) in [6, 6.07) is 11.9. The Morgan fingerprint density at radius 3 is 1.73 bits per heavy atom. The SMILES string of the molecule is Cc1ccc2ccc3ccc(CN(CC(=O)OC(C)(C)C)CC(=O)OC(C)(C)C)nc3c2n1. The fraction of sp³-hybridized carbons (Fsp3) is 0.462. The molecule has 0 unspecified atom stereocenters. The molecule has 33 heavy (non-hydrogen) atoms. The zero-order valence-electron chi connectivity index (χ0n) is 20.6. The van der Waals surface area contributed by atoms with Gasteiger partial charge in [-0.15, -0.1) is 0 Å². The first kappa shape index (κ1) is 24.6.